The zero-order chi connectivity index (χ0) is 12.3. The molecule has 0 aromatic carbocycles. The third-order valence-corrected chi connectivity index (χ3v) is 3.24. The Balaban J connectivity index is 2.75. The second-order valence-corrected chi connectivity index (χ2v) is 4.86. The lowest BCUT2D eigenvalue weighted by molar-refractivity contribution is 0.0183. The number of hydrogen-bond donors (Lipinski definition) is 2. The Morgan fingerprint density at radius 3 is 2.62 bits per heavy atom. The Kier molecular flexibility index (Phi) is 3.88. The first-order valence-corrected chi connectivity index (χ1v) is 5.40. The van der Waals surface area contributed by atoms with Crippen molar-refractivity contribution in [2.24, 2.45) is 0 Å². The molecule has 0 bridgehead atoms. The molecule has 1 aromatic rings. The predicted molar refractivity (Wildman–Crippen MR) is 66.1 cm³/mol. The van der Waals surface area contributed by atoms with Gasteiger partial charge in [0.25, 0.3) is 0 Å². The lowest BCUT2D eigenvalue weighted by Gasteiger charge is -2.37. The second-order valence-electron chi connectivity index (χ2n) is 4.86. The number of rotatable bonds is 4. The molecule has 0 saturated carbocycles. The number of pyridine rings is 1. The van der Waals surface area contributed by atoms with Crippen molar-refractivity contribution in [2.45, 2.75) is 31.9 Å². The predicted octanol–water partition coefficient (Wildman–Crippen LogP) is 0.907. The molecule has 1 aromatic heterocycles. The van der Waals surface area contributed by atoms with E-state index in [2.05, 4.69) is 4.98 Å². The molecule has 90 valence electrons. The number of aliphatic hydroxyl groups is 1. The van der Waals surface area contributed by atoms with E-state index < -0.39 is 6.10 Å². The molecular weight excluding hydrogens is 202 g/mol. The van der Waals surface area contributed by atoms with Gasteiger partial charge in [-0.25, -0.2) is 4.98 Å². The van der Waals surface area contributed by atoms with Crippen LogP contribution in [0.5, 0.6) is 0 Å². The lowest BCUT2D eigenvalue weighted by atomic mass is 9.91. The van der Waals surface area contributed by atoms with Gasteiger partial charge in [0.2, 0.25) is 0 Å². The van der Waals surface area contributed by atoms with Crippen molar-refractivity contribution in [1.82, 2.24) is 9.88 Å². The van der Waals surface area contributed by atoms with Crippen LogP contribution in [-0.4, -0.2) is 40.7 Å². The minimum atomic E-state index is -0.440. The van der Waals surface area contributed by atoms with Crippen molar-refractivity contribution in [3.63, 3.8) is 0 Å². The fourth-order valence-corrected chi connectivity index (χ4v) is 1.39. The van der Waals surface area contributed by atoms with E-state index in [-0.39, 0.29) is 5.54 Å². The van der Waals surface area contributed by atoms with E-state index in [0.29, 0.717) is 12.2 Å². The molecule has 1 unspecified atom stereocenters. The van der Waals surface area contributed by atoms with Gasteiger partial charge in [0.1, 0.15) is 5.82 Å². The van der Waals surface area contributed by atoms with E-state index in [1.807, 2.05) is 38.9 Å². The molecule has 0 amide bonds. The third kappa shape index (κ3) is 2.93. The number of hydrogen-bond acceptors (Lipinski definition) is 4. The van der Waals surface area contributed by atoms with Gasteiger partial charge >= 0.3 is 0 Å². The van der Waals surface area contributed by atoms with Crippen molar-refractivity contribution in [1.29, 1.82) is 0 Å². The summed E-state index contributed by atoms with van der Waals surface area (Å²) in [5, 5.41) is 10.2. The van der Waals surface area contributed by atoms with Crippen molar-refractivity contribution in [3.05, 3.63) is 23.9 Å². The summed E-state index contributed by atoms with van der Waals surface area (Å²) in [7, 11) is 3.92. The summed E-state index contributed by atoms with van der Waals surface area (Å²) >= 11 is 0. The first-order valence-electron chi connectivity index (χ1n) is 5.40. The number of aromatic nitrogens is 1. The number of anilines is 1. The van der Waals surface area contributed by atoms with E-state index >= 15 is 0 Å². The molecule has 0 aliphatic carbocycles. The Labute approximate surface area is 97.1 Å². The average Bonchev–Trinajstić information content (AvgIpc) is 2.17. The molecule has 3 N–H and O–H groups in total. The zero-order valence-electron chi connectivity index (χ0n) is 10.4. The first-order chi connectivity index (χ1) is 7.34. The fourth-order valence-electron chi connectivity index (χ4n) is 1.39. The zero-order valence-corrected chi connectivity index (χ0v) is 10.4. The monoisotopic (exact) mass is 223 g/mol. The highest BCUT2D eigenvalue weighted by Crippen LogP contribution is 2.19. The summed E-state index contributed by atoms with van der Waals surface area (Å²) in [5.74, 6) is 0.493. The highest BCUT2D eigenvalue weighted by Gasteiger charge is 2.29. The molecule has 0 radical (unpaired) electrons. The van der Waals surface area contributed by atoms with Gasteiger partial charge in [0.05, 0.1) is 6.10 Å². The van der Waals surface area contributed by atoms with E-state index in [0.717, 1.165) is 5.56 Å². The summed E-state index contributed by atoms with van der Waals surface area (Å²) in [6.07, 6.45) is 1.81. The Morgan fingerprint density at radius 1 is 1.50 bits per heavy atom. The summed E-state index contributed by atoms with van der Waals surface area (Å²) in [5.41, 5.74) is 6.34. The molecule has 0 fully saturated rings. The largest absolute Gasteiger partial charge is 0.391 e. The fraction of sp³-hybridized carbons (Fsp3) is 0.583. The minimum Gasteiger partial charge on any atom is -0.391 e. The van der Waals surface area contributed by atoms with Crippen LogP contribution in [0.25, 0.3) is 0 Å². The van der Waals surface area contributed by atoms with Crippen LogP contribution in [0.3, 0.4) is 0 Å². The van der Waals surface area contributed by atoms with Crippen molar-refractivity contribution in [2.75, 3.05) is 19.8 Å². The van der Waals surface area contributed by atoms with Gasteiger partial charge in [-0.05, 0) is 45.6 Å². The number of aliphatic hydroxyl groups excluding tert-OH is 1. The topological polar surface area (TPSA) is 62.4 Å². The van der Waals surface area contributed by atoms with E-state index in [1.165, 1.54) is 0 Å². The van der Waals surface area contributed by atoms with Gasteiger partial charge in [0, 0.05) is 18.2 Å². The molecule has 0 aliphatic heterocycles. The number of nitrogens with two attached hydrogens (primary N) is 1. The number of nitrogen functional groups attached to an aromatic ring is 1. The quantitative estimate of drug-likeness (QED) is 0.796. The van der Waals surface area contributed by atoms with Crippen LogP contribution in [0, 0.1) is 0 Å². The number of nitrogens with zero attached hydrogens (tertiary/aromatic N) is 2. The molecule has 0 saturated heterocycles. The maximum absolute atomic E-state index is 10.2. The van der Waals surface area contributed by atoms with Gasteiger partial charge in [-0.3, -0.25) is 0 Å². The Morgan fingerprint density at radius 2 is 2.12 bits per heavy atom. The molecule has 0 aliphatic rings. The van der Waals surface area contributed by atoms with Crippen molar-refractivity contribution >= 4 is 5.82 Å². The van der Waals surface area contributed by atoms with Crippen LogP contribution in [0.15, 0.2) is 18.3 Å². The maximum atomic E-state index is 10.2. The van der Waals surface area contributed by atoms with Gasteiger partial charge in [-0.2, -0.15) is 0 Å². The van der Waals surface area contributed by atoms with Gasteiger partial charge in [0.15, 0.2) is 0 Å². The van der Waals surface area contributed by atoms with Gasteiger partial charge in [-0.15, -0.1) is 0 Å². The van der Waals surface area contributed by atoms with Crippen LogP contribution >= 0.6 is 0 Å². The Bertz CT molecular complexity index is 350. The van der Waals surface area contributed by atoms with E-state index in [1.54, 1.807) is 12.3 Å². The number of likely N-dealkylation sites (N-methyl/N-ethyl adjacent to an activating group) is 1. The maximum Gasteiger partial charge on any atom is 0.123 e. The van der Waals surface area contributed by atoms with E-state index in [9.17, 15) is 5.11 Å². The van der Waals surface area contributed by atoms with Crippen LogP contribution in [0.2, 0.25) is 0 Å². The van der Waals surface area contributed by atoms with E-state index in [4.69, 9.17) is 5.73 Å². The van der Waals surface area contributed by atoms with Crippen molar-refractivity contribution in [3.8, 4) is 0 Å². The smallest absolute Gasteiger partial charge is 0.123 e. The summed E-state index contributed by atoms with van der Waals surface area (Å²) in [4.78, 5) is 5.95. The molecule has 4 nitrogen and oxygen atoms in total. The van der Waals surface area contributed by atoms with Crippen LogP contribution < -0.4 is 5.73 Å². The normalized spacial score (nSPS) is 14.1. The molecule has 1 rings (SSSR count). The van der Waals surface area contributed by atoms with Gasteiger partial charge < -0.3 is 15.7 Å². The summed E-state index contributed by atoms with van der Waals surface area (Å²) in [6, 6.07) is 3.68. The molecule has 1 atom stereocenters. The van der Waals surface area contributed by atoms with Gasteiger partial charge in [-0.1, -0.05) is 0 Å². The minimum absolute atomic E-state index is 0.266. The average molecular weight is 223 g/mol. The SMILES string of the molecule is CN(C)C(C)(C)C(O)Cc1ccnc(N)c1. The molecule has 16 heavy (non-hydrogen) atoms. The highest BCUT2D eigenvalue weighted by molar-refractivity contribution is 5.32. The van der Waals surface area contributed by atoms with Crippen LogP contribution in [0.4, 0.5) is 5.82 Å². The first kappa shape index (κ1) is 12.9. The van der Waals surface area contributed by atoms with Crippen LogP contribution in [0.1, 0.15) is 19.4 Å². The van der Waals surface area contributed by atoms with Crippen LogP contribution in [-0.2, 0) is 6.42 Å². The lowest BCUT2D eigenvalue weighted by Crippen LogP contribution is -2.49. The molecule has 4 heteroatoms. The molecular formula is C12H21N3O. The standard InChI is InChI=1S/C12H21N3O/c1-12(2,15(3)4)10(16)7-9-5-6-14-11(13)8-9/h5-6,8,10,16H,7H2,1-4H3,(H2,13,14). The summed E-state index contributed by atoms with van der Waals surface area (Å²) < 4.78 is 0. The highest BCUT2D eigenvalue weighted by atomic mass is 16.3. The second kappa shape index (κ2) is 4.80. The third-order valence-electron chi connectivity index (χ3n) is 3.24. The molecule has 1 heterocycles. The molecule has 0 spiro atoms. The summed E-state index contributed by atoms with van der Waals surface area (Å²) in [6.45, 7) is 4.03. The Hall–Kier alpha value is -1.13. The van der Waals surface area contributed by atoms with Crippen molar-refractivity contribution < 1.29 is 5.11 Å².